The van der Waals surface area contributed by atoms with E-state index in [0.717, 1.165) is 15.8 Å². The van der Waals surface area contributed by atoms with Gasteiger partial charge in [0.15, 0.2) is 0 Å². The molecule has 1 atom stereocenters. The molecule has 0 aliphatic carbocycles. The van der Waals surface area contributed by atoms with Crippen LogP contribution in [0.3, 0.4) is 0 Å². The topological polar surface area (TPSA) is 12.0 Å². The third-order valence-corrected chi connectivity index (χ3v) is 5.55. The van der Waals surface area contributed by atoms with Gasteiger partial charge in [-0.1, -0.05) is 17.7 Å². The fourth-order valence-corrected chi connectivity index (χ4v) is 3.70. The van der Waals surface area contributed by atoms with Crippen LogP contribution in [0.15, 0.2) is 28.1 Å². The Balaban J connectivity index is 2.21. The zero-order valence-electron chi connectivity index (χ0n) is 10.6. The van der Waals surface area contributed by atoms with Crippen LogP contribution >= 0.6 is 38.9 Å². The standard InChI is InChI=1S/C14H14BrClFNS/c1-8-5-13(19-14(8)15)12(18-2)7-9-3-4-10(16)11(17)6-9/h3-6,12,18H,7H2,1-2H3. The average Bonchev–Trinajstić information content (AvgIpc) is 2.71. The van der Waals surface area contributed by atoms with Crippen molar-refractivity contribution in [3.8, 4) is 0 Å². The van der Waals surface area contributed by atoms with E-state index >= 15 is 0 Å². The monoisotopic (exact) mass is 361 g/mol. The summed E-state index contributed by atoms with van der Waals surface area (Å²) in [5.74, 6) is -0.363. The van der Waals surface area contributed by atoms with E-state index in [4.69, 9.17) is 11.6 Å². The fraction of sp³-hybridized carbons (Fsp3) is 0.286. The van der Waals surface area contributed by atoms with Crippen LogP contribution in [0.4, 0.5) is 4.39 Å². The van der Waals surface area contributed by atoms with Crippen LogP contribution in [0.25, 0.3) is 0 Å². The Morgan fingerprint density at radius 3 is 2.68 bits per heavy atom. The lowest BCUT2D eigenvalue weighted by Crippen LogP contribution is -2.17. The van der Waals surface area contributed by atoms with E-state index < -0.39 is 0 Å². The molecule has 1 aromatic carbocycles. The number of benzene rings is 1. The highest BCUT2D eigenvalue weighted by Crippen LogP contribution is 2.33. The van der Waals surface area contributed by atoms with Crippen molar-refractivity contribution in [3.05, 3.63) is 54.9 Å². The number of aryl methyl sites for hydroxylation is 1. The minimum absolute atomic E-state index is 0.166. The normalized spacial score (nSPS) is 12.7. The SMILES string of the molecule is CNC(Cc1ccc(Cl)c(F)c1)c1cc(C)c(Br)s1. The molecular weight excluding hydrogens is 349 g/mol. The van der Waals surface area contributed by atoms with Crippen molar-refractivity contribution in [2.75, 3.05) is 7.05 Å². The maximum Gasteiger partial charge on any atom is 0.142 e. The maximum atomic E-state index is 13.4. The minimum atomic E-state index is -0.363. The molecule has 1 nitrogen and oxygen atoms in total. The smallest absolute Gasteiger partial charge is 0.142 e. The van der Waals surface area contributed by atoms with E-state index in [1.54, 1.807) is 17.4 Å². The molecule has 0 amide bonds. The molecule has 0 bridgehead atoms. The van der Waals surface area contributed by atoms with Gasteiger partial charge in [-0.3, -0.25) is 0 Å². The van der Waals surface area contributed by atoms with E-state index in [1.807, 2.05) is 13.1 Å². The summed E-state index contributed by atoms with van der Waals surface area (Å²) < 4.78 is 14.6. The molecule has 2 rings (SSSR count). The molecule has 0 aliphatic heterocycles. The quantitative estimate of drug-likeness (QED) is 0.796. The van der Waals surface area contributed by atoms with Gasteiger partial charge in [0.25, 0.3) is 0 Å². The van der Waals surface area contributed by atoms with Gasteiger partial charge in [-0.25, -0.2) is 4.39 Å². The van der Waals surface area contributed by atoms with Crippen LogP contribution in [0.2, 0.25) is 5.02 Å². The van der Waals surface area contributed by atoms with Crippen molar-refractivity contribution in [3.63, 3.8) is 0 Å². The molecule has 2 aromatic rings. The Morgan fingerprint density at radius 2 is 2.16 bits per heavy atom. The van der Waals surface area contributed by atoms with Crippen molar-refractivity contribution in [2.45, 2.75) is 19.4 Å². The molecule has 0 aliphatic rings. The summed E-state index contributed by atoms with van der Waals surface area (Å²) in [5.41, 5.74) is 2.16. The lowest BCUT2D eigenvalue weighted by atomic mass is 10.0. The second-order valence-corrected chi connectivity index (χ2v) is 7.21. The molecule has 1 N–H and O–H groups in total. The molecule has 0 saturated carbocycles. The van der Waals surface area contributed by atoms with Crippen molar-refractivity contribution in [1.82, 2.24) is 5.32 Å². The van der Waals surface area contributed by atoms with E-state index in [9.17, 15) is 4.39 Å². The third kappa shape index (κ3) is 3.57. The average molecular weight is 363 g/mol. The van der Waals surface area contributed by atoms with Crippen LogP contribution in [0.1, 0.15) is 22.0 Å². The number of halogens is 3. The van der Waals surface area contributed by atoms with Crippen LogP contribution in [0.5, 0.6) is 0 Å². The molecule has 1 unspecified atom stereocenters. The molecule has 5 heteroatoms. The molecule has 102 valence electrons. The Morgan fingerprint density at radius 1 is 1.42 bits per heavy atom. The Kier molecular flexibility index (Phi) is 5.01. The number of hydrogen-bond acceptors (Lipinski definition) is 2. The van der Waals surface area contributed by atoms with E-state index in [-0.39, 0.29) is 16.9 Å². The summed E-state index contributed by atoms with van der Waals surface area (Å²) in [5, 5.41) is 3.44. The number of thiophene rings is 1. The van der Waals surface area contributed by atoms with Crippen molar-refractivity contribution < 1.29 is 4.39 Å². The van der Waals surface area contributed by atoms with Crippen LogP contribution in [0, 0.1) is 12.7 Å². The molecule has 0 fully saturated rings. The fourth-order valence-electron chi connectivity index (χ4n) is 1.90. The van der Waals surface area contributed by atoms with Gasteiger partial charge in [-0.05, 0) is 65.6 Å². The summed E-state index contributed by atoms with van der Waals surface area (Å²) in [6, 6.07) is 7.31. The first-order valence-corrected chi connectivity index (χ1v) is 7.87. The third-order valence-electron chi connectivity index (χ3n) is 2.99. The highest BCUT2D eigenvalue weighted by molar-refractivity contribution is 9.11. The molecule has 0 spiro atoms. The molecule has 1 heterocycles. The van der Waals surface area contributed by atoms with E-state index in [1.165, 1.54) is 16.5 Å². The number of likely N-dealkylation sites (N-methyl/N-ethyl adjacent to an activating group) is 1. The Labute approximate surface area is 129 Å². The molecular formula is C14H14BrClFNS. The molecule has 19 heavy (non-hydrogen) atoms. The van der Waals surface area contributed by atoms with E-state index in [2.05, 4.69) is 34.2 Å². The Bertz CT molecular complexity index is 565. The van der Waals surface area contributed by atoms with Gasteiger partial charge < -0.3 is 5.32 Å². The predicted octanol–water partition coefficient (Wildman–Crippen LogP) is 5.11. The zero-order valence-corrected chi connectivity index (χ0v) is 13.8. The molecule has 1 aromatic heterocycles. The van der Waals surface area contributed by atoms with Crippen LogP contribution < -0.4 is 5.32 Å². The lowest BCUT2D eigenvalue weighted by molar-refractivity contribution is 0.592. The summed E-state index contributed by atoms with van der Waals surface area (Å²) in [6.07, 6.45) is 0.733. The van der Waals surface area contributed by atoms with Crippen molar-refractivity contribution in [2.24, 2.45) is 0 Å². The first-order chi connectivity index (χ1) is 9.01. The zero-order chi connectivity index (χ0) is 14.0. The van der Waals surface area contributed by atoms with Gasteiger partial charge in [-0.15, -0.1) is 11.3 Å². The first kappa shape index (κ1) is 15.0. The lowest BCUT2D eigenvalue weighted by Gasteiger charge is -2.14. The van der Waals surface area contributed by atoms with Gasteiger partial charge in [0.2, 0.25) is 0 Å². The highest BCUT2D eigenvalue weighted by Gasteiger charge is 2.15. The van der Waals surface area contributed by atoms with Crippen molar-refractivity contribution in [1.29, 1.82) is 0 Å². The van der Waals surface area contributed by atoms with Gasteiger partial charge >= 0.3 is 0 Å². The van der Waals surface area contributed by atoms with Crippen LogP contribution in [-0.2, 0) is 6.42 Å². The second kappa shape index (κ2) is 6.35. The van der Waals surface area contributed by atoms with Crippen molar-refractivity contribution >= 4 is 38.9 Å². The number of rotatable bonds is 4. The summed E-state index contributed by atoms with van der Waals surface area (Å²) in [4.78, 5) is 1.24. The Hall–Kier alpha value is -0.420. The van der Waals surface area contributed by atoms with Gasteiger partial charge in [0.1, 0.15) is 5.82 Å². The largest absolute Gasteiger partial charge is 0.312 e. The first-order valence-electron chi connectivity index (χ1n) is 5.88. The summed E-state index contributed by atoms with van der Waals surface area (Å²) in [6.45, 7) is 2.07. The second-order valence-electron chi connectivity index (χ2n) is 4.40. The number of hydrogen-bond donors (Lipinski definition) is 1. The van der Waals surface area contributed by atoms with Gasteiger partial charge in [0.05, 0.1) is 8.81 Å². The summed E-state index contributed by atoms with van der Waals surface area (Å²) >= 11 is 10.9. The van der Waals surface area contributed by atoms with Gasteiger partial charge in [-0.2, -0.15) is 0 Å². The highest BCUT2D eigenvalue weighted by atomic mass is 79.9. The number of nitrogens with one attached hydrogen (secondary N) is 1. The molecule has 0 radical (unpaired) electrons. The predicted molar refractivity (Wildman–Crippen MR) is 83.7 cm³/mol. The molecule has 0 saturated heterocycles. The van der Waals surface area contributed by atoms with Crippen LogP contribution in [-0.4, -0.2) is 7.05 Å². The van der Waals surface area contributed by atoms with Gasteiger partial charge in [0, 0.05) is 10.9 Å². The minimum Gasteiger partial charge on any atom is -0.312 e. The summed E-state index contributed by atoms with van der Waals surface area (Å²) in [7, 11) is 1.92. The van der Waals surface area contributed by atoms with E-state index in [0.29, 0.717) is 0 Å². The maximum absolute atomic E-state index is 13.4.